The Morgan fingerprint density at radius 1 is 1.35 bits per heavy atom. The SMILES string of the molecule is C=C[C@H](c1ccccc1OC)N1CCNCC1. The number of nitrogens with zero attached hydrogens (tertiary/aromatic N) is 1. The van der Waals surface area contributed by atoms with Gasteiger partial charge in [-0.1, -0.05) is 24.3 Å². The minimum absolute atomic E-state index is 0.244. The van der Waals surface area contributed by atoms with Crippen LogP contribution in [0.25, 0.3) is 0 Å². The summed E-state index contributed by atoms with van der Waals surface area (Å²) in [6.07, 6.45) is 2.00. The van der Waals surface area contributed by atoms with Gasteiger partial charge in [0.15, 0.2) is 0 Å². The van der Waals surface area contributed by atoms with Crippen molar-refractivity contribution in [2.24, 2.45) is 0 Å². The third kappa shape index (κ3) is 2.68. The van der Waals surface area contributed by atoms with E-state index < -0.39 is 0 Å². The zero-order valence-corrected chi connectivity index (χ0v) is 10.4. The van der Waals surface area contributed by atoms with Gasteiger partial charge in [0, 0.05) is 31.7 Å². The molecule has 3 nitrogen and oxygen atoms in total. The fourth-order valence-corrected chi connectivity index (χ4v) is 2.34. The number of rotatable bonds is 4. The first-order valence-electron chi connectivity index (χ1n) is 6.07. The molecule has 0 aliphatic carbocycles. The van der Waals surface area contributed by atoms with Gasteiger partial charge >= 0.3 is 0 Å². The van der Waals surface area contributed by atoms with Gasteiger partial charge < -0.3 is 10.1 Å². The average Bonchev–Trinajstić information content (AvgIpc) is 2.41. The Kier molecular flexibility index (Phi) is 4.18. The predicted molar refractivity (Wildman–Crippen MR) is 70.4 cm³/mol. The molecule has 1 aliphatic heterocycles. The number of hydrogen-bond acceptors (Lipinski definition) is 3. The molecule has 0 radical (unpaired) electrons. The monoisotopic (exact) mass is 232 g/mol. The van der Waals surface area contributed by atoms with E-state index in [0.717, 1.165) is 31.9 Å². The van der Waals surface area contributed by atoms with Gasteiger partial charge in [0.05, 0.1) is 13.2 Å². The molecule has 1 aromatic carbocycles. The van der Waals surface area contributed by atoms with Crippen LogP contribution in [0.5, 0.6) is 5.75 Å². The topological polar surface area (TPSA) is 24.5 Å². The average molecular weight is 232 g/mol. The summed E-state index contributed by atoms with van der Waals surface area (Å²) in [7, 11) is 1.72. The highest BCUT2D eigenvalue weighted by Crippen LogP contribution is 2.29. The maximum atomic E-state index is 5.43. The van der Waals surface area contributed by atoms with Gasteiger partial charge in [-0.15, -0.1) is 6.58 Å². The number of hydrogen-bond donors (Lipinski definition) is 1. The van der Waals surface area contributed by atoms with Gasteiger partial charge in [0.25, 0.3) is 0 Å². The second-order valence-electron chi connectivity index (χ2n) is 4.21. The zero-order valence-electron chi connectivity index (χ0n) is 10.4. The highest BCUT2D eigenvalue weighted by Gasteiger charge is 2.21. The number of methoxy groups -OCH3 is 1. The lowest BCUT2D eigenvalue weighted by atomic mass is 10.0. The first-order valence-corrected chi connectivity index (χ1v) is 6.07. The zero-order chi connectivity index (χ0) is 12.1. The molecule has 0 spiro atoms. The Bertz CT molecular complexity index is 372. The van der Waals surface area contributed by atoms with Crippen LogP contribution in [0.2, 0.25) is 0 Å². The Morgan fingerprint density at radius 2 is 2.06 bits per heavy atom. The van der Waals surface area contributed by atoms with Crippen LogP contribution in [0.1, 0.15) is 11.6 Å². The van der Waals surface area contributed by atoms with Crippen molar-refractivity contribution in [1.29, 1.82) is 0 Å². The second-order valence-corrected chi connectivity index (χ2v) is 4.21. The molecule has 0 unspecified atom stereocenters. The molecule has 1 fully saturated rings. The molecular weight excluding hydrogens is 212 g/mol. The molecule has 0 saturated carbocycles. The fraction of sp³-hybridized carbons (Fsp3) is 0.429. The van der Waals surface area contributed by atoms with E-state index in [4.69, 9.17) is 4.74 Å². The van der Waals surface area contributed by atoms with Gasteiger partial charge in [-0.3, -0.25) is 4.90 Å². The Hall–Kier alpha value is -1.32. The van der Waals surface area contributed by atoms with E-state index in [1.165, 1.54) is 5.56 Å². The number of piperazine rings is 1. The lowest BCUT2D eigenvalue weighted by Gasteiger charge is -2.34. The van der Waals surface area contributed by atoms with E-state index in [-0.39, 0.29) is 6.04 Å². The lowest BCUT2D eigenvalue weighted by Crippen LogP contribution is -2.44. The van der Waals surface area contributed by atoms with E-state index in [0.29, 0.717) is 0 Å². The minimum Gasteiger partial charge on any atom is -0.496 e. The summed E-state index contributed by atoms with van der Waals surface area (Å²) in [5.41, 5.74) is 1.20. The smallest absolute Gasteiger partial charge is 0.123 e. The van der Waals surface area contributed by atoms with Crippen LogP contribution in [0.4, 0.5) is 0 Å². The molecule has 3 heteroatoms. The number of para-hydroxylation sites is 1. The Balaban J connectivity index is 2.24. The van der Waals surface area contributed by atoms with Crippen LogP contribution in [0.15, 0.2) is 36.9 Å². The standard InChI is InChI=1S/C14H20N2O/c1-3-13(16-10-8-15-9-11-16)12-6-4-5-7-14(12)17-2/h3-7,13,15H,1,8-11H2,2H3/t13-/m1/s1. The Labute approximate surface area is 103 Å². The van der Waals surface area contributed by atoms with Crippen molar-refractivity contribution in [3.63, 3.8) is 0 Å². The summed E-state index contributed by atoms with van der Waals surface area (Å²) >= 11 is 0. The highest BCUT2D eigenvalue weighted by atomic mass is 16.5. The normalized spacial score (nSPS) is 18.6. The van der Waals surface area contributed by atoms with Crippen molar-refractivity contribution in [1.82, 2.24) is 10.2 Å². The van der Waals surface area contributed by atoms with Crippen LogP contribution in [0.3, 0.4) is 0 Å². The summed E-state index contributed by atoms with van der Waals surface area (Å²) in [4.78, 5) is 2.43. The predicted octanol–water partition coefficient (Wildman–Crippen LogP) is 1.83. The molecule has 1 saturated heterocycles. The van der Waals surface area contributed by atoms with Crippen molar-refractivity contribution in [2.75, 3.05) is 33.3 Å². The molecule has 1 aromatic rings. The van der Waals surface area contributed by atoms with E-state index >= 15 is 0 Å². The maximum Gasteiger partial charge on any atom is 0.123 e. The van der Waals surface area contributed by atoms with Crippen molar-refractivity contribution < 1.29 is 4.74 Å². The molecule has 2 rings (SSSR count). The third-order valence-corrected chi connectivity index (χ3v) is 3.23. The van der Waals surface area contributed by atoms with Crippen molar-refractivity contribution >= 4 is 0 Å². The van der Waals surface area contributed by atoms with E-state index in [1.807, 2.05) is 18.2 Å². The highest BCUT2D eigenvalue weighted by molar-refractivity contribution is 5.37. The van der Waals surface area contributed by atoms with Gasteiger partial charge in [-0.2, -0.15) is 0 Å². The molecule has 0 bridgehead atoms. The third-order valence-electron chi connectivity index (χ3n) is 3.23. The van der Waals surface area contributed by atoms with Crippen LogP contribution < -0.4 is 10.1 Å². The summed E-state index contributed by atoms with van der Waals surface area (Å²) in [6.45, 7) is 8.15. The van der Waals surface area contributed by atoms with E-state index in [1.54, 1.807) is 7.11 Å². The van der Waals surface area contributed by atoms with E-state index in [2.05, 4.69) is 28.9 Å². The van der Waals surface area contributed by atoms with Crippen molar-refractivity contribution in [2.45, 2.75) is 6.04 Å². The molecule has 1 atom stereocenters. The van der Waals surface area contributed by atoms with Crippen molar-refractivity contribution in [3.8, 4) is 5.75 Å². The van der Waals surface area contributed by atoms with Crippen LogP contribution in [0, 0.1) is 0 Å². The Morgan fingerprint density at radius 3 is 2.71 bits per heavy atom. The number of ether oxygens (including phenoxy) is 1. The molecule has 1 aliphatic rings. The quantitative estimate of drug-likeness (QED) is 0.802. The van der Waals surface area contributed by atoms with Crippen LogP contribution >= 0.6 is 0 Å². The molecule has 92 valence electrons. The van der Waals surface area contributed by atoms with E-state index in [9.17, 15) is 0 Å². The summed E-state index contributed by atoms with van der Waals surface area (Å²) in [5.74, 6) is 0.941. The first kappa shape index (κ1) is 12.1. The molecular formula is C14H20N2O. The molecule has 17 heavy (non-hydrogen) atoms. The summed E-state index contributed by atoms with van der Waals surface area (Å²) in [5, 5.41) is 3.37. The number of benzene rings is 1. The van der Waals surface area contributed by atoms with Gasteiger partial charge in [0.2, 0.25) is 0 Å². The van der Waals surface area contributed by atoms with Gasteiger partial charge in [-0.25, -0.2) is 0 Å². The first-order chi connectivity index (χ1) is 8.36. The molecule has 1 N–H and O–H groups in total. The van der Waals surface area contributed by atoms with Crippen LogP contribution in [-0.4, -0.2) is 38.2 Å². The summed E-state index contributed by atoms with van der Waals surface area (Å²) < 4.78 is 5.43. The van der Waals surface area contributed by atoms with Crippen molar-refractivity contribution in [3.05, 3.63) is 42.5 Å². The molecule has 0 amide bonds. The van der Waals surface area contributed by atoms with Crippen LogP contribution in [-0.2, 0) is 0 Å². The largest absolute Gasteiger partial charge is 0.496 e. The molecule has 0 aromatic heterocycles. The lowest BCUT2D eigenvalue weighted by molar-refractivity contribution is 0.200. The maximum absolute atomic E-state index is 5.43. The summed E-state index contributed by atoms with van der Waals surface area (Å²) in [6, 6.07) is 8.42. The minimum atomic E-state index is 0.244. The fourth-order valence-electron chi connectivity index (χ4n) is 2.34. The second kappa shape index (κ2) is 5.84. The van der Waals surface area contributed by atoms with Gasteiger partial charge in [0.1, 0.15) is 5.75 Å². The van der Waals surface area contributed by atoms with Gasteiger partial charge in [-0.05, 0) is 6.07 Å². The molecule has 1 heterocycles. The number of nitrogens with one attached hydrogen (secondary N) is 1.